The van der Waals surface area contributed by atoms with Crippen LogP contribution in [0.4, 0.5) is 0 Å². The predicted octanol–water partition coefficient (Wildman–Crippen LogP) is 4.31. The van der Waals surface area contributed by atoms with E-state index in [4.69, 9.17) is 4.74 Å². The third-order valence-corrected chi connectivity index (χ3v) is 7.82. The Bertz CT molecular complexity index is 592. The smallest absolute Gasteiger partial charge is 0.302 e. The van der Waals surface area contributed by atoms with Crippen LogP contribution in [0.5, 0.6) is 0 Å². The van der Waals surface area contributed by atoms with E-state index < -0.39 is 0 Å². The molecule has 0 radical (unpaired) electrons. The Morgan fingerprint density at radius 1 is 1.21 bits per heavy atom. The molecule has 3 nitrogen and oxygen atoms in total. The van der Waals surface area contributed by atoms with Gasteiger partial charge in [-0.3, -0.25) is 9.59 Å². The predicted molar refractivity (Wildman–Crippen MR) is 92.2 cm³/mol. The number of esters is 1. The minimum absolute atomic E-state index is 0.0887. The highest BCUT2D eigenvalue weighted by molar-refractivity contribution is 5.91. The van der Waals surface area contributed by atoms with Crippen LogP contribution < -0.4 is 0 Å². The summed E-state index contributed by atoms with van der Waals surface area (Å²) in [7, 11) is 0. The van der Waals surface area contributed by atoms with Gasteiger partial charge in [0.2, 0.25) is 0 Å². The van der Waals surface area contributed by atoms with Gasteiger partial charge >= 0.3 is 5.97 Å². The number of hydrogen-bond donors (Lipinski definition) is 0. The van der Waals surface area contributed by atoms with Gasteiger partial charge in [-0.2, -0.15) is 0 Å². The molecule has 0 amide bonds. The lowest BCUT2D eigenvalue weighted by atomic mass is 9.52. The second kappa shape index (κ2) is 5.71. The Hall–Kier alpha value is -1.12. The van der Waals surface area contributed by atoms with Crippen molar-refractivity contribution < 1.29 is 14.3 Å². The molecule has 132 valence electrons. The molecule has 4 rings (SSSR count). The van der Waals surface area contributed by atoms with Crippen LogP contribution in [0.3, 0.4) is 0 Å². The molecule has 0 aromatic carbocycles. The second-order valence-corrected chi connectivity index (χ2v) is 9.09. The Labute approximate surface area is 145 Å². The first-order valence-electron chi connectivity index (χ1n) is 9.80. The molecule has 7 atom stereocenters. The van der Waals surface area contributed by atoms with Gasteiger partial charge in [0.15, 0.2) is 5.78 Å². The molecular weight excluding hydrogens is 300 g/mol. The molecule has 0 aromatic rings. The number of ketones is 1. The van der Waals surface area contributed by atoms with E-state index in [1.165, 1.54) is 31.3 Å². The maximum absolute atomic E-state index is 11.8. The zero-order chi connectivity index (χ0) is 17.1. The fraction of sp³-hybridized carbons (Fsp3) is 0.810. The van der Waals surface area contributed by atoms with Crippen molar-refractivity contribution in [2.75, 3.05) is 0 Å². The molecule has 0 aliphatic heterocycles. The summed E-state index contributed by atoms with van der Waals surface area (Å²) < 4.78 is 5.80. The molecule has 0 saturated heterocycles. The summed E-state index contributed by atoms with van der Waals surface area (Å²) in [5, 5.41) is 0. The number of rotatable bonds is 1. The van der Waals surface area contributed by atoms with Gasteiger partial charge in [0.05, 0.1) is 0 Å². The first-order valence-corrected chi connectivity index (χ1v) is 9.80. The summed E-state index contributed by atoms with van der Waals surface area (Å²) in [6.45, 7) is 6.19. The van der Waals surface area contributed by atoms with E-state index in [-0.39, 0.29) is 17.5 Å². The first-order chi connectivity index (χ1) is 11.4. The first kappa shape index (κ1) is 16.4. The molecule has 3 fully saturated rings. The van der Waals surface area contributed by atoms with Crippen LogP contribution in [0, 0.1) is 35.0 Å². The molecule has 0 bridgehead atoms. The molecule has 4 aliphatic rings. The van der Waals surface area contributed by atoms with E-state index in [0.717, 1.165) is 31.1 Å². The Morgan fingerprint density at radius 2 is 2.00 bits per heavy atom. The van der Waals surface area contributed by atoms with E-state index in [1.807, 2.05) is 6.08 Å². The lowest BCUT2D eigenvalue weighted by Crippen LogP contribution is -2.48. The highest BCUT2D eigenvalue weighted by Gasteiger charge is 2.59. The molecule has 3 saturated carbocycles. The van der Waals surface area contributed by atoms with Crippen molar-refractivity contribution in [1.29, 1.82) is 0 Å². The van der Waals surface area contributed by atoms with Crippen LogP contribution in [0.25, 0.3) is 0 Å². The van der Waals surface area contributed by atoms with Gasteiger partial charge in [0, 0.05) is 18.8 Å². The van der Waals surface area contributed by atoms with Crippen LogP contribution in [-0.2, 0) is 14.3 Å². The van der Waals surface area contributed by atoms with E-state index >= 15 is 0 Å². The number of carbonyl (C=O) groups is 2. The van der Waals surface area contributed by atoms with Crippen molar-refractivity contribution in [3.63, 3.8) is 0 Å². The standard InChI is InChI=1S/C21H30O3/c1-12-10-19-18-6-4-14-11-15(23)5-7-16(14)17(18)8-9-21(19,3)20(12)24-13(2)22/h11-12,16-20H,4-10H2,1-3H3/t12-,16?,17-,18-,19+,20-,21+/m1/s1. The van der Waals surface area contributed by atoms with Gasteiger partial charge in [0.1, 0.15) is 6.10 Å². The number of fused-ring (bicyclic) bond motifs is 5. The summed E-state index contributed by atoms with van der Waals surface area (Å²) >= 11 is 0. The lowest BCUT2D eigenvalue weighted by molar-refractivity contribution is -0.158. The molecule has 0 N–H and O–H groups in total. The molecule has 4 aliphatic carbocycles. The zero-order valence-electron chi connectivity index (χ0n) is 15.2. The van der Waals surface area contributed by atoms with Gasteiger partial charge in [-0.15, -0.1) is 0 Å². The summed E-state index contributed by atoms with van der Waals surface area (Å²) in [5.41, 5.74) is 1.59. The van der Waals surface area contributed by atoms with Gasteiger partial charge in [-0.05, 0) is 74.2 Å². The van der Waals surface area contributed by atoms with Crippen LogP contribution in [0.2, 0.25) is 0 Å². The average molecular weight is 330 g/mol. The number of hydrogen-bond acceptors (Lipinski definition) is 3. The summed E-state index contributed by atoms with van der Waals surface area (Å²) in [5.74, 6) is 3.50. The topological polar surface area (TPSA) is 43.4 Å². The Kier molecular flexibility index (Phi) is 3.89. The summed E-state index contributed by atoms with van der Waals surface area (Å²) in [6.07, 6.45) is 9.79. The number of allylic oxidation sites excluding steroid dienone is 1. The highest BCUT2D eigenvalue weighted by atomic mass is 16.5. The molecular formula is C21H30O3. The molecule has 0 spiro atoms. The fourth-order valence-electron chi connectivity index (χ4n) is 6.93. The van der Waals surface area contributed by atoms with Crippen molar-refractivity contribution in [2.45, 2.75) is 71.8 Å². The monoisotopic (exact) mass is 330 g/mol. The molecule has 1 unspecified atom stereocenters. The molecule has 24 heavy (non-hydrogen) atoms. The van der Waals surface area contributed by atoms with E-state index in [0.29, 0.717) is 23.5 Å². The van der Waals surface area contributed by atoms with Gasteiger partial charge in [-0.1, -0.05) is 19.4 Å². The molecule has 0 heterocycles. The average Bonchev–Trinajstić information content (AvgIpc) is 2.78. The number of carbonyl (C=O) groups excluding carboxylic acids is 2. The normalized spacial score (nSPS) is 47.3. The molecule has 3 heteroatoms. The van der Waals surface area contributed by atoms with Crippen LogP contribution in [0.1, 0.15) is 65.7 Å². The maximum atomic E-state index is 11.8. The van der Waals surface area contributed by atoms with Crippen molar-refractivity contribution in [2.24, 2.45) is 35.0 Å². The maximum Gasteiger partial charge on any atom is 0.302 e. The Balaban J connectivity index is 1.60. The van der Waals surface area contributed by atoms with Crippen LogP contribution >= 0.6 is 0 Å². The Morgan fingerprint density at radius 3 is 2.75 bits per heavy atom. The third kappa shape index (κ3) is 2.38. The van der Waals surface area contributed by atoms with Crippen LogP contribution in [-0.4, -0.2) is 17.9 Å². The van der Waals surface area contributed by atoms with Gasteiger partial charge in [-0.25, -0.2) is 0 Å². The largest absolute Gasteiger partial charge is 0.462 e. The lowest BCUT2D eigenvalue weighted by Gasteiger charge is -2.53. The van der Waals surface area contributed by atoms with E-state index in [9.17, 15) is 9.59 Å². The fourth-order valence-corrected chi connectivity index (χ4v) is 6.93. The summed E-state index contributed by atoms with van der Waals surface area (Å²) in [4.78, 5) is 23.4. The zero-order valence-corrected chi connectivity index (χ0v) is 15.2. The van der Waals surface area contributed by atoms with Gasteiger partial charge in [0.25, 0.3) is 0 Å². The minimum atomic E-state index is -0.129. The van der Waals surface area contributed by atoms with Crippen LogP contribution in [0.15, 0.2) is 11.6 Å². The minimum Gasteiger partial charge on any atom is -0.462 e. The van der Waals surface area contributed by atoms with Crippen molar-refractivity contribution >= 4 is 11.8 Å². The van der Waals surface area contributed by atoms with Crippen molar-refractivity contribution in [3.05, 3.63) is 11.6 Å². The highest BCUT2D eigenvalue weighted by Crippen LogP contribution is 2.63. The summed E-state index contributed by atoms with van der Waals surface area (Å²) in [6, 6.07) is 0. The molecule has 0 aromatic heterocycles. The third-order valence-electron chi connectivity index (χ3n) is 7.82. The quantitative estimate of drug-likeness (QED) is 0.673. The second-order valence-electron chi connectivity index (χ2n) is 9.09. The van der Waals surface area contributed by atoms with Gasteiger partial charge < -0.3 is 4.74 Å². The SMILES string of the molecule is CC(=O)O[C@@H]1[C@H](C)C[C@H]2[C@@H]3CCC4=CC(=O)CCC4[C@H]3CC[C@]12C. The van der Waals surface area contributed by atoms with Crippen molar-refractivity contribution in [1.82, 2.24) is 0 Å². The van der Waals surface area contributed by atoms with E-state index in [1.54, 1.807) is 6.92 Å². The van der Waals surface area contributed by atoms with E-state index in [2.05, 4.69) is 13.8 Å². The number of ether oxygens (including phenoxy) is 1. The van der Waals surface area contributed by atoms with Crippen molar-refractivity contribution in [3.8, 4) is 0 Å².